The fraction of sp³-hybridized carbons (Fsp3) is 0.636. The quantitative estimate of drug-likeness (QED) is 0.864. The molecule has 1 rings (SSSR count). The molecule has 0 fully saturated rings. The average molecular weight is 276 g/mol. The molecule has 0 aliphatic heterocycles. The zero-order valence-electron chi connectivity index (χ0n) is 10.5. The van der Waals surface area contributed by atoms with Crippen molar-refractivity contribution < 1.29 is 8.42 Å². The van der Waals surface area contributed by atoms with Crippen LogP contribution in [0, 0.1) is 0 Å². The summed E-state index contributed by atoms with van der Waals surface area (Å²) >= 11 is 1.39. The summed E-state index contributed by atoms with van der Waals surface area (Å²) in [7, 11) is -1.75. The van der Waals surface area contributed by atoms with E-state index in [1.165, 1.54) is 15.6 Å². The van der Waals surface area contributed by atoms with E-state index in [0.717, 1.165) is 17.7 Å². The van der Waals surface area contributed by atoms with E-state index in [-0.39, 0.29) is 12.6 Å². The van der Waals surface area contributed by atoms with Gasteiger partial charge in [0.05, 0.1) is 4.90 Å². The summed E-state index contributed by atoms with van der Waals surface area (Å²) in [5.41, 5.74) is 5.56. The van der Waals surface area contributed by atoms with E-state index in [0.29, 0.717) is 4.90 Å². The average Bonchev–Trinajstić information content (AvgIpc) is 2.79. The highest BCUT2D eigenvalue weighted by Crippen LogP contribution is 2.26. The number of hydrogen-bond acceptors (Lipinski definition) is 4. The van der Waals surface area contributed by atoms with Crippen LogP contribution in [0.2, 0.25) is 0 Å². The Balaban J connectivity index is 3.11. The smallest absolute Gasteiger partial charge is 0.244 e. The van der Waals surface area contributed by atoms with Gasteiger partial charge < -0.3 is 5.73 Å². The molecule has 6 heteroatoms. The fourth-order valence-corrected chi connectivity index (χ4v) is 4.67. The molecule has 0 radical (unpaired) electrons. The van der Waals surface area contributed by atoms with E-state index in [4.69, 9.17) is 5.73 Å². The maximum atomic E-state index is 12.4. The summed E-state index contributed by atoms with van der Waals surface area (Å²) < 4.78 is 26.3. The molecule has 0 bridgehead atoms. The van der Waals surface area contributed by atoms with Crippen LogP contribution in [0.25, 0.3) is 0 Å². The van der Waals surface area contributed by atoms with Crippen LogP contribution in [-0.4, -0.2) is 25.8 Å². The molecule has 0 atom stereocenters. The Morgan fingerprint density at radius 2 is 2.00 bits per heavy atom. The van der Waals surface area contributed by atoms with Crippen LogP contribution in [0.5, 0.6) is 0 Å². The number of sulfonamides is 1. The second kappa shape index (κ2) is 5.95. The third-order valence-corrected chi connectivity index (χ3v) is 6.07. The summed E-state index contributed by atoms with van der Waals surface area (Å²) in [4.78, 5) is 1.09. The highest BCUT2D eigenvalue weighted by atomic mass is 32.2. The maximum Gasteiger partial charge on any atom is 0.244 e. The normalized spacial score (nSPS) is 12.6. The molecule has 0 saturated carbocycles. The molecular formula is C11H20N2O2S2. The second-order valence-corrected chi connectivity index (χ2v) is 6.87. The summed E-state index contributed by atoms with van der Waals surface area (Å²) in [6.45, 7) is 4.26. The molecule has 0 aliphatic rings. The first-order chi connectivity index (χ1) is 7.98. The minimum absolute atomic E-state index is 0.0468. The molecule has 0 amide bonds. The lowest BCUT2D eigenvalue weighted by molar-refractivity contribution is 0.349. The van der Waals surface area contributed by atoms with Gasteiger partial charge >= 0.3 is 0 Å². The van der Waals surface area contributed by atoms with Crippen LogP contribution in [0.4, 0.5) is 0 Å². The number of rotatable bonds is 6. The standard InChI is InChI=1S/C11H20N2O2S2/c1-4-9(5-2)13(3)17(14,15)11-6-7-16-10(11)8-12/h6-7,9H,4-5,8,12H2,1-3H3. The van der Waals surface area contributed by atoms with Crippen molar-refractivity contribution in [1.29, 1.82) is 0 Å². The Morgan fingerprint density at radius 1 is 1.41 bits per heavy atom. The summed E-state index contributed by atoms with van der Waals surface area (Å²) in [6, 6.07) is 1.69. The predicted octanol–water partition coefficient (Wildman–Crippen LogP) is 2.02. The molecule has 0 aliphatic carbocycles. The number of nitrogens with two attached hydrogens (primary N) is 1. The summed E-state index contributed by atoms with van der Waals surface area (Å²) in [5.74, 6) is 0. The van der Waals surface area contributed by atoms with Gasteiger partial charge in [-0.2, -0.15) is 4.31 Å². The minimum Gasteiger partial charge on any atom is -0.326 e. The molecule has 1 aromatic heterocycles. The number of hydrogen-bond donors (Lipinski definition) is 1. The molecular weight excluding hydrogens is 256 g/mol. The lowest BCUT2D eigenvalue weighted by Crippen LogP contribution is -2.36. The van der Waals surface area contributed by atoms with Crippen molar-refractivity contribution in [3.8, 4) is 0 Å². The third-order valence-electron chi connectivity index (χ3n) is 3.00. The van der Waals surface area contributed by atoms with Crippen LogP contribution in [0.3, 0.4) is 0 Å². The summed E-state index contributed by atoms with van der Waals surface area (Å²) in [5, 5.41) is 1.77. The van der Waals surface area contributed by atoms with E-state index >= 15 is 0 Å². The van der Waals surface area contributed by atoms with E-state index in [1.54, 1.807) is 18.5 Å². The van der Waals surface area contributed by atoms with Crippen molar-refractivity contribution in [2.75, 3.05) is 7.05 Å². The van der Waals surface area contributed by atoms with Crippen molar-refractivity contribution in [3.63, 3.8) is 0 Å². The molecule has 0 saturated heterocycles. The molecule has 0 spiro atoms. The van der Waals surface area contributed by atoms with Gasteiger partial charge in [-0.05, 0) is 24.3 Å². The van der Waals surface area contributed by atoms with Gasteiger partial charge in [-0.1, -0.05) is 13.8 Å². The Kier molecular flexibility index (Phi) is 5.12. The van der Waals surface area contributed by atoms with Crippen LogP contribution in [0.1, 0.15) is 31.6 Å². The van der Waals surface area contributed by atoms with Gasteiger partial charge in [0.25, 0.3) is 0 Å². The van der Waals surface area contributed by atoms with E-state index in [1.807, 2.05) is 13.8 Å². The zero-order chi connectivity index (χ0) is 13.1. The Morgan fingerprint density at radius 3 is 2.47 bits per heavy atom. The van der Waals surface area contributed by atoms with Gasteiger partial charge in [-0.25, -0.2) is 8.42 Å². The zero-order valence-corrected chi connectivity index (χ0v) is 12.1. The van der Waals surface area contributed by atoms with Crippen molar-refractivity contribution >= 4 is 21.4 Å². The van der Waals surface area contributed by atoms with Crippen molar-refractivity contribution in [2.24, 2.45) is 5.73 Å². The predicted molar refractivity (Wildman–Crippen MR) is 71.5 cm³/mol. The molecule has 2 N–H and O–H groups in total. The lowest BCUT2D eigenvalue weighted by atomic mass is 10.2. The van der Waals surface area contributed by atoms with Crippen LogP contribution in [0.15, 0.2) is 16.3 Å². The van der Waals surface area contributed by atoms with Crippen molar-refractivity contribution in [3.05, 3.63) is 16.3 Å². The van der Waals surface area contributed by atoms with E-state index in [2.05, 4.69) is 0 Å². The highest BCUT2D eigenvalue weighted by molar-refractivity contribution is 7.89. The van der Waals surface area contributed by atoms with Crippen LogP contribution in [-0.2, 0) is 16.6 Å². The van der Waals surface area contributed by atoms with Crippen molar-refractivity contribution in [2.45, 2.75) is 44.2 Å². The van der Waals surface area contributed by atoms with Gasteiger partial charge in [0.2, 0.25) is 10.0 Å². The Hall–Kier alpha value is -0.430. The van der Waals surface area contributed by atoms with Crippen LogP contribution < -0.4 is 5.73 Å². The molecule has 4 nitrogen and oxygen atoms in total. The second-order valence-electron chi connectivity index (χ2n) is 3.90. The van der Waals surface area contributed by atoms with Crippen LogP contribution >= 0.6 is 11.3 Å². The number of thiophene rings is 1. The Bertz CT molecular complexity index is 450. The van der Waals surface area contributed by atoms with Gasteiger partial charge in [0.15, 0.2) is 0 Å². The van der Waals surface area contributed by atoms with Gasteiger partial charge in [-0.15, -0.1) is 11.3 Å². The van der Waals surface area contributed by atoms with Gasteiger partial charge in [0.1, 0.15) is 0 Å². The third kappa shape index (κ3) is 2.88. The SMILES string of the molecule is CCC(CC)N(C)S(=O)(=O)c1ccsc1CN. The summed E-state index contributed by atoms with van der Waals surface area (Å²) in [6.07, 6.45) is 1.63. The van der Waals surface area contributed by atoms with Gasteiger partial charge in [-0.3, -0.25) is 0 Å². The molecule has 1 aromatic rings. The first kappa shape index (κ1) is 14.6. The number of nitrogens with zero attached hydrogens (tertiary/aromatic N) is 1. The first-order valence-corrected chi connectivity index (χ1v) is 8.05. The monoisotopic (exact) mass is 276 g/mol. The minimum atomic E-state index is -3.40. The molecule has 17 heavy (non-hydrogen) atoms. The Labute approximate surface area is 107 Å². The highest BCUT2D eigenvalue weighted by Gasteiger charge is 2.28. The molecule has 98 valence electrons. The van der Waals surface area contributed by atoms with Gasteiger partial charge in [0, 0.05) is 24.5 Å². The molecule has 0 aromatic carbocycles. The lowest BCUT2D eigenvalue weighted by Gasteiger charge is -2.25. The molecule has 0 unspecified atom stereocenters. The fourth-order valence-electron chi connectivity index (χ4n) is 1.86. The van der Waals surface area contributed by atoms with Crippen molar-refractivity contribution in [1.82, 2.24) is 4.31 Å². The maximum absolute atomic E-state index is 12.4. The van der Waals surface area contributed by atoms with E-state index < -0.39 is 10.0 Å². The van der Waals surface area contributed by atoms with E-state index in [9.17, 15) is 8.42 Å². The first-order valence-electron chi connectivity index (χ1n) is 5.73. The largest absolute Gasteiger partial charge is 0.326 e. The topological polar surface area (TPSA) is 63.4 Å². The molecule has 1 heterocycles.